The quantitative estimate of drug-likeness (QED) is 0.901. The van der Waals surface area contributed by atoms with E-state index in [2.05, 4.69) is 0 Å². The number of hydrogen-bond acceptors (Lipinski definition) is 5. The van der Waals surface area contributed by atoms with Gasteiger partial charge in [0.25, 0.3) is 0 Å². The molecule has 2 rings (SSSR count). The first kappa shape index (κ1) is 14.2. The number of carboxylic acids is 1. The van der Waals surface area contributed by atoms with Crippen LogP contribution >= 0.6 is 11.8 Å². The summed E-state index contributed by atoms with van der Waals surface area (Å²) in [6.07, 6.45) is 1.15. The van der Waals surface area contributed by atoms with Crippen molar-refractivity contribution < 1.29 is 18.3 Å². The molecule has 1 unspecified atom stereocenters. The first-order valence-corrected chi connectivity index (χ1v) is 8.81. The molecule has 0 spiro atoms. The maximum absolute atomic E-state index is 11.4. The standard InChI is InChI=1S/C12H15NO4S2/c1-19(16,17)10-4-2-9(3-5-10)13-6-7-18-8-11(13)12(14)15/h2-5,11H,6-8H2,1H3,(H,14,15). The van der Waals surface area contributed by atoms with Crippen molar-refractivity contribution in [2.75, 3.05) is 29.2 Å². The molecule has 0 aromatic heterocycles. The topological polar surface area (TPSA) is 74.7 Å². The molecule has 0 amide bonds. The molecule has 1 atom stereocenters. The molecule has 104 valence electrons. The fourth-order valence-corrected chi connectivity index (χ4v) is 3.67. The lowest BCUT2D eigenvalue weighted by atomic mass is 10.2. The molecule has 19 heavy (non-hydrogen) atoms. The average molecular weight is 301 g/mol. The zero-order chi connectivity index (χ0) is 14.0. The van der Waals surface area contributed by atoms with Crippen molar-refractivity contribution in [3.05, 3.63) is 24.3 Å². The molecule has 0 saturated carbocycles. The summed E-state index contributed by atoms with van der Waals surface area (Å²) in [7, 11) is -3.22. The Morgan fingerprint density at radius 1 is 1.37 bits per heavy atom. The number of benzene rings is 1. The number of rotatable bonds is 3. The predicted molar refractivity (Wildman–Crippen MR) is 75.6 cm³/mol. The van der Waals surface area contributed by atoms with Crippen LogP contribution in [0.15, 0.2) is 29.2 Å². The van der Waals surface area contributed by atoms with Gasteiger partial charge >= 0.3 is 5.97 Å². The number of carbonyl (C=O) groups is 1. The maximum Gasteiger partial charge on any atom is 0.327 e. The van der Waals surface area contributed by atoms with E-state index in [1.807, 2.05) is 4.90 Å². The number of anilines is 1. The second-order valence-electron chi connectivity index (χ2n) is 4.39. The molecule has 1 aliphatic rings. The van der Waals surface area contributed by atoms with Crippen molar-refractivity contribution in [2.45, 2.75) is 10.9 Å². The molecule has 1 saturated heterocycles. The minimum absolute atomic E-state index is 0.245. The van der Waals surface area contributed by atoms with Gasteiger partial charge in [-0.1, -0.05) is 0 Å². The second kappa shape index (κ2) is 5.42. The minimum atomic E-state index is -3.22. The molecule has 0 aliphatic carbocycles. The Kier molecular flexibility index (Phi) is 4.05. The number of aliphatic carboxylic acids is 1. The average Bonchev–Trinajstić information content (AvgIpc) is 2.38. The normalized spacial score (nSPS) is 20.3. The molecular formula is C12H15NO4S2. The SMILES string of the molecule is CS(=O)(=O)c1ccc(N2CCSCC2C(=O)O)cc1. The molecular weight excluding hydrogens is 286 g/mol. The van der Waals surface area contributed by atoms with E-state index in [1.54, 1.807) is 23.9 Å². The largest absolute Gasteiger partial charge is 0.480 e. The highest BCUT2D eigenvalue weighted by molar-refractivity contribution is 7.99. The van der Waals surface area contributed by atoms with Crippen molar-refractivity contribution in [1.82, 2.24) is 0 Å². The molecule has 1 aromatic rings. The van der Waals surface area contributed by atoms with Crippen LogP contribution in [0.2, 0.25) is 0 Å². The lowest BCUT2D eigenvalue weighted by Gasteiger charge is -2.34. The Balaban J connectivity index is 2.28. The van der Waals surface area contributed by atoms with E-state index in [0.717, 1.165) is 17.7 Å². The third kappa shape index (κ3) is 3.22. The van der Waals surface area contributed by atoms with Crippen molar-refractivity contribution in [3.8, 4) is 0 Å². The molecule has 5 nitrogen and oxygen atoms in total. The summed E-state index contributed by atoms with van der Waals surface area (Å²) in [5.41, 5.74) is 0.750. The predicted octanol–water partition coefficient (Wildman–Crippen LogP) is 1.10. The Bertz CT molecular complexity index is 568. The fourth-order valence-electron chi connectivity index (χ4n) is 2.00. The van der Waals surface area contributed by atoms with Gasteiger partial charge in [-0.2, -0.15) is 11.8 Å². The number of sulfone groups is 1. The summed E-state index contributed by atoms with van der Waals surface area (Å²) in [5, 5.41) is 9.20. The molecule has 1 N–H and O–H groups in total. The summed E-state index contributed by atoms with van der Waals surface area (Å²) in [4.78, 5) is 13.3. The van der Waals surface area contributed by atoms with E-state index in [1.165, 1.54) is 12.1 Å². The Morgan fingerprint density at radius 3 is 2.53 bits per heavy atom. The smallest absolute Gasteiger partial charge is 0.327 e. The van der Waals surface area contributed by atoms with Gasteiger partial charge in [0.1, 0.15) is 6.04 Å². The van der Waals surface area contributed by atoms with Crippen LogP contribution in [-0.2, 0) is 14.6 Å². The third-order valence-electron chi connectivity index (χ3n) is 3.01. The lowest BCUT2D eigenvalue weighted by molar-refractivity contribution is -0.138. The summed E-state index contributed by atoms with van der Waals surface area (Å²) in [6, 6.07) is 5.82. The zero-order valence-corrected chi connectivity index (χ0v) is 12.1. The van der Waals surface area contributed by atoms with Crippen LogP contribution in [0.5, 0.6) is 0 Å². The fraction of sp³-hybridized carbons (Fsp3) is 0.417. The Morgan fingerprint density at radius 2 is 2.00 bits per heavy atom. The van der Waals surface area contributed by atoms with Crippen molar-refractivity contribution in [2.24, 2.45) is 0 Å². The van der Waals surface area contributed by atoms with Crippen LogP contribution in [-0.4, -0.2) is 49.8 Å². The van der Waals surface area contributed by atoms with E-state index in [-0.39, 0.29) is 4.90 Å². The molecule has 7 heteroatoms. The highest BCUT2D eigenvalue weighted by atomic mass is 32.2. The molecule has 0 radical (unpaired) electrons. The van der Waals surface area contributed by atoms with Gasteiger partial charge in [-0.05, 0) is 24.3 Å². The summed E-state index contributed by atoms with van der Waals surface area (Å²) in [6.45, 7) is 0.653. The van der Waals surface area contributed by atoms with Gasteiger partial charge in [0, 0.05) is 30.0 Å². The van der Waals surface area contributed by atoms with Crippen LogP contribution in [0.4, 0.5) is 5.69 Å². The zero-order valence-electron chi connectivity index (χ0n) is 10.4. The van der Waals surface area contributed by atoms with E-state index in [9.17, 15) is 18.3 Å². The highest BCUT2D eigenvalue weighted by Crippen LogP contribution is 2.25. The van der Waals surface area contributed by atoms with Crippen LogP contribution < -0.4 is 4.90 Å². The summed E-state index contributed by atoms with van der Waals surface area (Å²) < 4.78 is 22.8. The van der Waals surface area contributed by atoms with Crippen LogP contribution in [0.3, 0.4) is 0 Å². The van der Waals surface area contributed by atoms with Crippen LogP contribution in [0.1, 0.15) is 0 Å². The van der Waals surface area contributed by atoms with Gasteiger partial charge < -0.3 is 10.0 Å². The van der Waals surface area contributed by atoms with Gasteiger partial charge in [-0.3, -0.25) is 0 Å². The Labute approximate surface area is 116 Å². The first-order valence-electron chi connectivity index (χ1n) is 5.77. The van der Waals surface area contributed by atoms with E-state index in [4.69, 9.17) is 0 Å². The third-order valence-corrected chi connectivity index (χ3v) is 5.16. The summed E-state index contributed by atoms with van der Waals surface area (Å²) in [5.74, 6) is 0.570. The minimum Gasteiger partial charge on any atom is -0.480 e. The highest BCUT2D eigenvalue weighted by Gasteiger charge is 2.29. The van der Waals surface area contributed by atoms with E-state index in [0.29, 0.717) is 12.3 Å². The number of nitrogens with zero attached hydrogens (tertiary/aromatic N) is 1. The molecule has 1 aliphatic heterocycles. The van der Waals surface area contributed by atoms with Crippen LogP contribution in [0.25, 0.3) is 0 Å². The molecule has 1 heterocycles. The lowest BCUT2D eigenvalue weighted by Crippen LogP contribution is -2.47. The van der Waals surface area contributed by atoms with Gasteiger partial charge in [0.2, 0.25) is 0 Å². The number of thioether (sulfide) groups is 1. The first-order chi connectivity index (χ1) is 8.89. The molecule has 0 bridgehead atoms. The van der Waals surface area contributed by atoms with Gasteiger partial charge in [-0.25, -0.2) is 13.2 Å². The van der Waals surface area contributed by atoms with Crippen molar-refractivity contribution >= 4 is 33.3 Å². The Hall–Kier alpha value is -1.21. The monoisotopic (exact) mass is 301 g/mol. The van der Waals surface area contributed by atoms with Crippen LogP contribution in [0, 0.1) is 0 Å². The second-order valence-corrected chi connectivity index (χ2v) is 7.55. The van der Waals surface area contributed by atoms with Gasteiger partial charge in [-0.15, -0.1) is 0 Å². The van der Waals surface area contributed by atoms with E-state index < -0.39 is 21.8 Å². The van der Waals surface area contributed by atoms with Crippen molar-refractivity contribution in [3.63, 3.8) is 0 Å². The van der Waals surface area contributed by atoms with Crippen molar-refractivity contribution in [1.29, 1.82) is 0 Å². The molecule has 1 fully saturated rings. The number of hydrogen-bond donors (Lipinski definition) is 1. The number of carboxylic acid groups (broad SMARTS) is 1. The van der Waals surface area contributed by atoms with E-state index >= 15 is 0 Å². The summed E-state index contributed by atoms with van der Waals surface area (Å²) >= 11 is 1.62. The maximum atomic E-state index is 11.4. The van der Waals surface area contributed by atoms with Gasteiger partial charge in [0.05, 0.1) is 4.90 Å². The molecule has 1 aromatic carbocycles. The van der Waals surface area contributed by atoms with Gasteiger partial charge in [0.15, 0.2) is 9.84 Å².